The van der Waals surface area contributed by atoms with Crippen LogP contribution >= 0.6 is 0 Å². The highest BCUT2D eigenvalue weighted by Gasteiger charge is 2.32. The SMILES string of the molecule is COc1ccccc1N(CCCC(=O)N(Cc1ccc(F)cc1)[C@H](Cc1ccccc1)C(=O)NC1CCCCC1)S(C)(=O)=O. The minimum atomic E-state index is -3.68. The van der Waals surface area contributed by atoms with Crippen molar-refractivity contribution in [1.29, 1.82) is 0 Å². The molecule has 0 bridgehead atoms. The van der Waals surface area contributed by atoms with E-state index in [0.717, 1.165) is 43.9 Å². The Morgan fingerprint density at radius 3 is 2.25 bits per heavy atom. The predicted octanol–water partition coefficient (Wildman–Crippen LogP) is 5.47. The lowest BCUT2D eigenvalue weighted by Gasteiger charge is -2.34. The van der Waals surface area contributed by atoms with E-state index in [2.05, 4.69) is 5.32 Å². The van der Waals surface area contributed by atoms with Gasteiger partial charge in [0.05, 0.1) is 19.1 Å². The van der Waals surface area contributed by atoms with E-state index in [1.807, 2.05) is 30.3 Å². The molecule has 1 aliphatic rings. The summed E-state index contributed by atoms with van der Waals surface area (Å²) in [5, 5.41) is 3.20. The molecule has 3 aromatic carbocycles. The molecule has 0 unspecified atom stereocenters. The highest BCUT2D eigenvalue weighted by Crippen LogP contribution is 2.30. The van der Waals surface area contributed by atoms with Gasteiger partial charge in [-0.2, -0.15) is 0 Å². The van der Waals surface area contributed by atoms with Crippen molar-refractivity contribution in [3.05, 3.63) is 95.8 Å². The molecule has 0 radical (unpaired) electrons. The second-order valence-corrected chi connectivity index (χ2v) is 13.2. The second kappa shape index (κ2) is 15.7. The fraction of sp³-hybridized carbons (Fsp3) is 0.412. The molecule has 0 spiro atoms. The van der Waals surface area contributed by atoms with E-state index >= 15 is 0 Å². The van der Waals surface area contributed by atoms with Crippen LogP contribution in [0.15, 0.2) is 78.9 Å². The summed E-state index contributed by atoms with van der Waals surface area (Å²) in [6, 6.07) is 21.5. The largest absolute Gasteiger partial charge is 0.495 e. The Labute approximate surface area is 260 Å². The summed E-state index contributed by atoms with van der Waals surface area (Å²) >= 11 is 0. The summed E-state index contributed by atoms with van der Waals surface area (Å²) in [5.74, 6) is -0.491. The number of ether oxygens (including phenoxy) is 1. The first-order chi connectivity index (χ1) is 21.2. The number of nitrogens with zero attached hydrogens (tertiary/aromatic N) is 2. The molecule has 3 aromatic rings. The molecule has 2 amide bonds. The van der Waals surface area contributed by atoms with Crippen molar-refractivity contribution >= 4 is 27.5 Å². The number of sulfonamides is 1. The molecule has 0 aliphatic heterocycles. The van der Waals surface area contributed by atoms with Gasteiger partial charge in [0.25, 0.3) is 0 Å². The van der Waals surface area contributed by atoms with E-state index < -0.39 is 16.1 Å². The number of methoxy groups -OCH3 is 1. The van der Waals surface area contributed by atoms with Gasteiger partial charge in [0.15, 0.2) is 0 Å². The Bertz CT molecular complexity index is 1480. The Morgan fingerprint density at radius 2 is 1.59 bits per heavy atom. The van der Waals surface area contributed by atoms with Gasteiger partial charge in [-0.3, -0.25) is 13.9 Å². The van der Waals surface area contributed by atoms with Gasteiger partial charge >= 0.3 is 0 Å². The van der Waals surface area contributed by atoms with Gasteiger partial charge in [0, 0.05) is 32.0 Å². The first-order valence-electron chi connectivity index (χ1n) is 15.1. The van der Waals surface area contributed by atoms with E-state index in [1.54, 1.807) is 41.3 Å². The molecule has 8 nitrogen and oxygen atoms in total. The minimum Gasteiger partial charge on any atom is -0.495 e. The van der Waals surface area contributed by atoms with E-state index in [-0.39, 0.29) is 49.6 Å². The molecule has 236 valence electrons. The number of benzene rings is 3. The van der Waals surface area contributed by atoms with E-state index in [1.165, 1.54) is 23.5 Å². The summed E-state index contributed by atoms with van der Waals surface area (Å²) in [5.41, 5.74) is 1.99. The Balaban J connectivity index is 1.59. The lowest BCUT2D eigenvalue weighted by Crippen LogP contribution is -2.52. The van der Waals surface area contributed by atoms with Crippen molar-refractivity contribution in [3.8, 4) is 5.75 Å². The van der Waals surface area contributed by atoms with Gasteiger partial charge in [-0.25, -0.2) is 12.8 Å². The molecule has 1 saturated carbocycles. The first-order valence-corrected chi connectivity index (χ1v) is 17.0. The molecule has 10 heteroatoms. The second-order valence-electron chi connectivity index (χ2n) is 11.3. The number of rotatable bonds is 14. The summed E-state index contributed by atoms with van der Waals surface area (Å²) < 4.78 is 45.9. The van der Waals surface area contributed by atoms with E-state index in [9.17, 15) is 22.4 Å². The lowest BCUT2D eigenvalue weighted by atomic mass is 9.94. The van der Waals surface area contributed by atoms with Gasteiger partial charge in [0.2, 0.25) is 21.8 Å². The van der Waals surface area contributed by atoms with Crippen molar-refractivity contribution in [2.45, 2.75) is 70.0 Å². The van der Waals surface area contributed by atoms with Crippen molar-refractivity contribution in [2.24, 2.45) is 0 Å². The average Bonchev–Trinajstić information content (AvgIpc) is 3.02. The minimum absolute atomic E-state index is 0.00433. The predicted molar refractivity (Wildman–Crippen MR) is 170 cm³/mol. The van der Waals surface area contributed by atoms with Gasteiger partial charge in [0.1, 0.15) is 17.6 Å². The maximum atomic E-state index is 14.0. The molecule has 0 heterocycles. The third-order valence-electron chi connectivity index (χ3n) is 7.99. The number of carbonyl (C=O) groups is 2. The van der Waals surface area contributed by atoms with Crippen LogP contribution in [0.25, 0.3) is 0 Å². The Hall–Kier alpha value is -3.92. The van der Waals surface area contributed by atoms with Crippen molar-refractivity contribution in [3.63, 3.8) is 0 Å². The molecule has 1 N–H and O–H groups in total. The number of hydrogen-bond acceptors (Lipinski definition) is 5. The van der Waals surface area contributed by atoms with Crippen LogP contribution in [-0.4, -0.2) is 57.1 Å². The summed E-state index contributed by atoms with van der Waals surface area (Å²) in [4.78, 5) is 29.5. The summed E-state index contributed by atoms with van der Waals surface area (Å²) in [6.45, 7) is 0.157. The van der Waals surface area contributed by atoms with E-state index in [0.29, 0.717) is 23.4 Å². The maximum absolute atomic E-state index is 14.0. The summed E-state index contributed by atoms with van der Waals surface area (Å²) in [6.07, 6.45) is 6.70. The van der Waals surface area contributed by atoms with Gasteiger partial charge in [-0.15, -0.1) is 0 Å². The fourth-order valence-corrected chi connectivity index (χ4v) is 6.67. The topological polar surface area (TPSA) is 96.0 Å². The van der Waals surface area contributed by atoms with Crippen LogP contribution in [0.3, 0.4) is 0 Å². The molecule has 1 fully saturated rings. The number of amides is 2. The van der Waals surface area contributed by atoms with Crippen LogP contribution in [0.5, 0.6) is 5.75 Å². The highest BCUT2D eigenvalue weighted by molar-refractivity contribution is 7.92. The third kappa shape index (κ3) is 9.29. The maximum Gasteiger partial charge on any atom is 0.243 e. The lowest BCUT2D eigenvalue weighted by molar-refractivity contribution is -0.141. The van der Waals surface area contributed by atoms with Gasteiger partial charge in [-0.1, -0.05) is 73.9 Å². The van der Waals surface area contributed by atoms with Crippen molar-refractivity contribution < 1.29 is 27.1 Å². The smallest absolute Gasteiger partial charge is 0.243 e. The first kappa shape index (κ1) is 33.0. The van der Waals surface area contributed by atoms with Crippen LogP contribution in [-0.2, 0) is 32.6 Å². The number of halogens is 1. The Kier molecular flexibility index (Phi) is 11.8. The van der Waals surface area contributed by atoms with Crippen LogP contribution in [0, 0.1) is 5.82 Å². The third-order valence-corrected chi connectivity index (χ3v) is 9.17. The van der Waals surface area contributed by atoms with Gasteiger partial charge < -0.3 is 15.0 Å². The number of hydrogen-bond donors (Lipinski definition) is 1. The monoisotopic (exact) mass is 623 g/mol. The number of para-hydroxylation sites is 2. The Morgan fingerprint density at radius 1 is 0.932 bits per heavy atom. The quantitative estimate of drug-likeness (QED) is 0.257. The molecular weight excluding hydrogens is 581 g/mol. The van der Waals surface area contributed by atoms with Crippen LogP contribution in [0.1, 0.15) is 56.1 Å². The molecule has 0 saturated heterocycles. The molecule has 1 aliphatic carbocycles. The standard InChI is InChI=1S/C34H42FN3O5S/c1-43-32-17-10-9-16-30(32)38(44(2,41)42)23-11-18-33(39)37(25-27-19-21-28(35)22-20-27)31(24-26-12-5-3-6-13-26)34(40)36-29-14-7-4-8-15-29/h3,5-6,9-10,12-13,16-17,19-22,29,31H,4,7-8,11,14-15,18,23-25H2,1-2H3,(H,36,40)/t31-/m1/s1. The molecular formula is C34H42FN3O5S. The molecule has 1 atom stereocenters. The molecule has 44 heavy (non-hydrogen) atoms. The van der Waals surface area contributed by atoms with Crippen LogP contribution in [0.2, 0.25) is 0 Å². The van der Waals surface area contributed by atoms with Crippen LogP contribution in [0.4, 0.5) is 10.1 Å². The van der Waals surface area contributed by atoms with Crippen molar-refractivity contribution in [2.75, 3.05) is 24.2 Å². The normalized spacial score (nSPS) is 14.4. The zero-order valence-electron chi connectivity index (χ0n) is 25.5. The molecule has 4 rings (SSSR count). The number of nitrogens with one attached hydrogen (secondary N) is 1. The van der Waals surface area contributed by atoms with Gasteiger partial charge in [-0.05, 0) is 54.7 Å². The number of carbonyl (C=O) groups excluding carboxylic acids is 2. The highest BCUT2D eigenvalue weighted by atomic mass is 32.2. The zero-order valence-corrected chi connectivity index (χ0v) is 26.3. The number of anilines is 1. The van der Waals surface area contributed by atoms with Crippen LogP contribution < -0.4 is 14.4 Å². The molecule has 0 aromatic heterocycles. The average molecular weight is 624 g/mol. The summed E-state index contributed by atoms with van der Waals surface area (Å²) in [7, 11) is -2.21. The fourth-order valence-electron chi connectivity index (χ4n) is 5.70. The van der Waals surface area contributed by atoms with E-state index in [4.69, 9.17) is 4.74 Å². The zero-order chi connectivity index (χ0) is 31.5. The van der Waals surface area contributed by atoms with Crippen molar-refractivity contribution in [1.82, 2.24) is 10.2 Å².